The second kappa shape index (κ2) is 6.63. The van der Waals surface area contributed by atoms with Gasteiger partial charge in [0.15, 0.2) is 0 Å². The first kappa shape index (κ1) is 14.0. The van der Waals surface area contributed by atoms with Crippen molar-refractivity contribution in [2.75, 3.05) is 26.2 Å². The molecule has 0 aromatic rings. The Kier molecular flexibility index (Phi) is 5.81. The van der Waals surface area contributed by atoms with E-state index in [1.165, 1.54) is 25.9 Å². The number of likely N-dealkylation sites (tertiary alicyclic amines) is 1. The predicted octanol–water partition coefficient (Wildman–Crippen LogP) is 2.84. The van der Waals surface area contributed by atoms with Crippen LogP contribution in [0.2, 0.25) is 0 Å². The molecule has 94 valence electrons. The number of rotatable bonds is 4. The average Bonchev–Trinajstić information content (AvgIpc) is 2.24. The monoisotopic (exact) mass is 244 g/mol. The molecule has 0 saturated carbocycles. The summed E-state index contributed by atoms with van der Waals surface area (Å²) < 4.78 is 0. The lowest BCUT2D eigenvalue weighted by atomic mass is 9.95. The van der Waals surface area contributed by atoms with Crippen LogP contribution in [-0.4, -0.2) is 36.6 Å². The summed E-state index contributed by atoms with van der Waals surface area (Å²) in [6.07, 6.45) is 4.63. The highest BCUT2D eigenvalue weighted by molar-refractivity contribution is 6.25. The van der Waals surface area contributed by atoms with Crippen LogP contribution in [0.15, 0.2) is 11.6 Å². The predicted molar refractivity (Wildman–Crippen MR) is 71.9 cm³/mol. The lowest BCUT2D eigenvalue weighted by Gasteiger charge is -2.33. The molecule has 1 heterocycles. The molecule has 0 aliphatic carbocycles. The average molecular weight is 245 g/mol. The maximum absolute atomic E-state index is 5.53. The maximum atomic E-state index is 5.53. The molecule has 0 radical (unpaired) electrons. The van der Waals surface area contributed by atoms with Crippen molar-refractivity contribution in [1.29, 1.82) is 0 Å². The first-order valence-electron chi connectivity index (χ1n) is 6.24. The van der Waals surface area contributed by atoms with Gasteiger partial charge in [-0.3, -0.25) is 4.90 Å². The smallest absolute Gasteiger partial charge is 0.0174 e. The minimum absolute atomic E-state index is 0.249. The molecule has 2 nitrogen and oxygen atoms in total. The highest BCUT2D eigenvalue weighted by atomic mass is 35.5. The van der Waals surface area contributed by atoms with Crippen molar-refractivity contribution in [3.8, 4) is 0 Å². The van der Waals surface area contributed by atoms with Gasteiger partial charge in [0.1, 0.15) is 0 Å². The third-order valence-electron chi connectivity index (χ3n) is 3.08. The lowest BCUT2D eigenvalue weighted by molar-refractivity contribution is 0.191. The van der Waals surface area contributed by atoms with E-state index in [1.54, 1.807) is 5.54 Å². The van der Waals surface area contributed by atoms with Gasteiger partial charge >= 0.3 is 0 Å². The van der Waals surface area contributed by atoms with E-state index < -0.39 is 0 Å². The van der Waals surface area contributed by atoms with Crippen molar-refractivity contribution in [3.05, 3.63) is 11.6 Å². The fourth-order valence-electron chi connectivity index (χ4n) is 2.01. The highest BCUT2D eigenvalue weighted by Crippen LogP contribution is 2.17. The summed E-state index contributed by atoms with van der Waals surface area (Å²) in [5.74, 6) is 0.843. The molecule has 3 heteroatoms. The third kappa shape index (κ3) is 5.88. The van der Waals surface area contributed by atoms with Gasteiger partial charge in [-0.2, -0.15) is 0 Å². The molecule has 1 aliphatic rings. The Morgan fingerprint density at radius 2 is 1.94 bits per heavy atom. The van der Waals surface area contributed by atoms with Crippen molar-refractivity contribution >= 4 is 11.6 Å². The fourth-order valence-corrected chi connectivity index (χ4v) is 2.09. The summed E-state index contributed by atoms with van der Waals surface area (Å²) in [6, 6.07) is 0. The number of hydrogen-bond donors (Lipinski definition) is 1. The molecule has 0 atom stereocenters. The zero-order chi connectivity index (χ0) is 12.0. The standard InChI is InChI=1S/C13H25ClN2/c1-13(2,3)15-11-12-5-9-16(10-6-12)8-4-7-14/h4,7,12,15H,5-6,8-11H2,1-3H3. The third-order valence-corrected chi connectivity index (χ3v) is 3.26. The van der Waals surface area contributed by atoms with Crippen LogP contribution in [-0.2, 0) is 0 Å². The van der Waals surface area contributed by atoms with Gasteiger partial charge in [-0.05, 0) is 59.2 Å². The SMILES string of the molecule is CC(C)(C)NCC1CCN(CC=CCl)CC1. The van der Waals surface area contributed by atoms with Crippen molar-refractivity contribution in [2.45, 2.75) is 39.2 Å². The number of hydrogen-bond acceptors (Lipinski definition) is 2. The lowest BCUT2D eigenvalue weighted by Crippen LogP contribution is -2.42. The minimum atomic E-state index is 0.249. The number of halogens is 1. The molecule has 0 amide bonds. The Bertz CT molecular complexity index is 212. The molecule has 1 rings (SSSR count). The van der Waals surface area contributed by atoms with E-state index in [4.69, 9.17) is 11.6 Å². The zero-order valence-corrected chi connectivity index (χ0v) is 11.6. The van der Waals surface area contributed by atoms with Crippen LogP contribution in [0.3, 0.4) is 0 Å². The summed E-state index contributed by atoms with van der Waals surface area (Å²) in [6.45, 7) is 11.3. The molecule has 16 heavy (non-hydrogen) atoms. The van der Waals surface area contributed by atoms with Gasteiger partial charge < -0.3 is 5.32 Å². The first-order valence-corrected chi connectivity index (χ1v) is 6.67. The molecule has 1 N–H and O–H groups in total. The molecule has 0 spiro atoms. The Morgan fingerprint density at radius 3 is 2.44 bits per heavy atom. The van der Waals surface area contributed by atoms with Gasteiger partial charge in [-0.25, -0.2) is 0 Å². The van der Waals surface area contributed by atoms with Crippen LogP contribution in [0, 0.1) is 5.92 Å². The van der Waals surface area contributed by atoms with Crippen molar-refractivity contribution < 1.29 is 0 Å². The van der Waals surface area contributed by atoms with Gasteiger partial charge in [0, 0.05) is 17.6 Å². The molecule has 0 unspecified atom stereocenters. The van der Waals surface area contributed by atoms with E-state index in [9.17, 15) is 0 Å². The Hall–Kier alpha value is -0.0500. The second-order valence-corrected chi connectivity index (χ2v) is 5.99. The molecular formula is C13H25ClN2. The fraction of sp³-hybridized carbons (Fsp3) is 0.846. The molecule has 1 fully saturated rings. The van der Waals surface area contributed by atoms with Crippen LogP contribution in [0.5, 0.6) is 0 Å². The zero-order valence-electron chi connectivity index (χ0n) is 10.8. The van der Waals surface area contributed by atoms with Crippen molar-refractivity contribution in [1.82, 2.24) is 10.2 Å². The van der Waals surface area contributed by atoms with Crippen LogP contribution >= 0.6 is 11.6 Å². The quantitative estimate of drug-likeness (QED) is 0.818. The Balaban J connectivity index is 2.17. The molecular weight excluding hydrogens is 220 g/mol. The molecule has 0 aromatic carbocycles. The van der Waals surface area contributed by atoms with Crippen molar-refractivity contribution in [3.63, 3.8) is 0 Å². The van der Waals surface area contributed by atoms with Crippen LogP contribution < -0.4 is 5.32 Å². The topological polar surface area (TPSA) is 15.3 Å². The van der Waals surface area contributed by atoms with Crippen LogP contribution in [0.25, 0.3) is 0 Å². The van der Waals surface area contributed by atoms with Gasteiger partial charge in [-0.1, -0.05) is 17.7 Å². The van der Waals surface area contributed by atoms with Gasteiger partial charge in [0.25, 0.3) is 0 Å². The summed E-state index contributed by atoms with van der Waals surface area (Å²) in [7, 11) is 0. The number of piperidine rings is 1. The maximum Gasteiger partial charge on any atom is 0.0174 e. The van der Waals surface area contributed by atoms with Crippen LogP contribution in [0.1, 0.15) is 33.6 Å². The van der Waals surface area contributed by atoms with Crippen LogP contribution in [0.4, 0.5) is 0 Å². The molecule has 0 aromatic heterocycles. The number of nitrogens with one attached hydrogen (secondary N) is 1. The van der Waals surface area contributed by atoms with Crippen molar-refractivity contribution in [2.24, 2.45) is 5.92 Å². The van der Waals surface area contributed by atoms with E-state index in [1.807, 2.05) is 6.08 Å². The van der Waals surface area contributed by atoms with E-state index in [0.717, 1.165) is 19.0 Å². The second-order valence-electron chi connectivity index (χ2n) is 5.74. The minimum Gasteiger partial charge on any atom is -0.312 e. The Labute approximate surface area is 105 Å². The Morgan fingerprint density at radius 1 is 1.31 bits per heavy atom. The molecule has 1 aliphatic heterocycles. The van der Waals surface area contributed by atoms with E-state index in [-0.39, 0.29) is 5.54 Å². The van der Waals surface area contributed by atoms with E-state index >= 15 is 0 Å². The summed E-state index contributed by atoms with van der Waals surface area (Å²) in [5, 5.41) is 3.60. The van der Waals surface area contributed by atoms with E-state index in [2.05, 4.69) is 31.0 Å². The number of nitrogens with zero attached hydrogens (tertiary/aromatic N) is 1. The van der Waals surface area contributed by atoms with E-state index in [0.29, 0.717) is 0 Å². The summed E-state index contributed by atoms with van der Waals surface area (Å²) >= 11 is 5.53. The summed E-state index contributed by atoms with van der Waals surface area (Å²) in [5.41, 5.74) is 1.87. The highest BCUT2D eigenvalue weighted by Gasteiger charge is 2.19. The summed E-state index contributed by atoms with van der Waals surface area (Å²) in [4.78, 5) is 2.46. The van der Waals surface area contributed by atoms with Gasteiger partial charge in [0.2, 0.25) is 0 Å². The first-order chi connectivity index (χ1) is 7.51. The largest absolute Gasteiger partial charge is 0.312 e. The van der Waals surface area contributed by atoms with Gasteiger partial charge in [-0.15, -0.1) is 0 Å². The van der Waals surface area contributed by atoms with Gasteiger partial charge in [0.05, 0.1) is 0 Å². The molecule has 0 bridgehead atoms. The normalized spacial score (nSPS) is 20.8. The molecule has 1 saturated heterocycles.